The first kappa shape index (κ1) is 15.5. The highest BCUT2D eigenvalue weighted by molar-refractivity contribution is 5.36. The molecule has 1 atom stereocenters. The molecule has 0 fully saturated rings. The molecule has 0 saturated heterocycles. The van der Waals surface area contributed by atoms with E-state index in [0.717, 1.165) is 29.8 Å². The molecular weight excluding hydrogens is 265 g/mol. The van der Waals surface area contributed by atoms with Crippen molar-refractivity contribution < 1.29 is 9.13 Å². The molecule has 0 heterocycles. The summed E-state index contributed by atoms with van der Waals surface area (Å²) in [7, 11) is 0. The van der Waals surface area contributed by atoms with Crippen LogP contribution in [0.3, 0.4) is 0 Å². The number of hydrogen-bond acceptors (Lipinski definition) is 2. The van der Waals surface area contributed by atoms with E-state index in [4.69, 9.17) is 4.74 Å². The lowest BCUT2D eigenvalue weighted by molar-refractivity contribution is 0.317. The molecule has 21 heavy (non-hydrogen) atoms. The van der Waals surface area contributed by atoms with Crippen LogP contribution in [0.2, 0.25) is 0 Å². The molecular formula is C18H22FNO. The third-order valence-electron chi connectivity index (χ3n) is 3.25. The van der Waals surface area contributed by atoms with Crippen LogP contribution in [-0.4, -0.2) is 13.2 Å². The smallest absolute Gasteiger partial charge is 0.123 e. The Bertz CT molecular complexity index is 571. The van der Waals surface area contributed by atoms with Crippen LogP contribution in [-0.2, 0) is 0 Å². The van der Waals surface area contributed by atoms with Crippen molar-refractivity contribution in [2.45, 2.75) is 26.3 Å². The SMILES string of the molecule is CCCOc1cccc(C(NCC)c2cccc(F)c2)c1. The van der Waals surface area contributed by atoms with Crippen molar-refractivity contribution >= 4 is 0 Å². The normalized spacial score (nSPS) is 12.1. The second kappa shape index (κ2) is 7.79. The van der Waals surface area contributed by atoms with Crippen LogP contribution in [0.5, 0.6) is 5.75 Å². The minimum atomic E-state index is -0.214. The fraction of sp³-hybridized carbons (Fsp3) is 0.333. The van der Waals surface area contributed by atoms with Gasteiger partial charge in [0.2, 0.25) is 0 Å². The van der Waals surface area contributed by atoms with Gasteiger partial charge in [-0.1, -0.05) is 38.1 Å². The van der Waals surface area contributed by atoms with Crippen molar-refractivity contribution in [2.24, 2.45) is 0 Å². The van der Waals surface area contributed by atoms with E-state index in [1.54, 1.807) is 12.1 Å². The van der Waals surface area contributed by atoms with Gasteiger partial charge < -0.3 is 10.1 Å². The third-order valence-corrected chi connectivity index (χ3v) is 3.25. The van der Waals surface area contributed by atoms with Gasteiger partial charge in [-0.25, -0.2) is 4.39 Å². The van der Waals surface area contributed by atoms with E-state index in [2.05, 4.69) is 12.2 Å². The van der Waals surface area contributed by atoms with Gasteiger partial charge in [-0.3, -0.25) is 0 Å². The lowest BCUT2D eigenvalue weighted by atomic mass is 9.98. The first-order valence-corrected chi connectivity index (χ1v) is 7.46. The van der Waals surface area contributed by atoms with E-state index < -0.39 is 0 Å². The highest BCUT2D eigenvalue weighted by Crippen LogP contribution is 2.25. The standard InChI is InChI=1S/C18H22FNO/c1-3-11-21-17-10-6-8-15(13-17)18(20-4-2)14-7-5-9-16(19)12-14/h5-10,12-13,18,20H,3-4,11H2,1-2H3. The topological polar surface area (TPSA) is 21.3 Å². The fourth-order valence-electron chi connectivity index (χ4n) is 2.32. The predicted molar refractivity (Wildman–Crippen MR) is 84.1 cm³/mol. The predicted octanol–water partition coefficient (Wildman–Crippen LogP) is 4.31. The zero-order valence-electron chi connectivity index (χ0n) is 12.6. The summed E-state index contributed by atoms with van der Waals surface area (Å²) in [5.41, 5.74) is 2.00. The first-order valence-electron chi connectivity index (χ1n) is 7.46. The Morgan fingerprint density at radius 2 is 1.76 bits per heavy atom. The maximum atomic E-state index is 13.5. The molecule has 3 heteroatoms. The Morgan fingerprint density at radius 1 is 1.05 bits per heavy atom. The minimum absolute atomic E-state index is 0.0316. The van der Waals surface area contributed by atoms with Gasteiger partial charge in [0.1, 0.15) is 11.6 Å². The zero-order valence-corrected chi connectivity index (χ0v) is 12.6. The quantitative estimate of drug-likeness (QED) is 0.819. The molecule has 0 bridgehead atoms. The minimum Gasteiger partial charge on any atom is -0.494 e. The molecule has 0 aromatic heterocycles. The largest absolute Gasteiger partial charge is 0.494 e. The average Bonchev–Trinajstić information content (AvgIpc) is 2.51. The van der Waals surface area contributed by atoms with Crippen LogP contribution in [0.1, 0.15) is 37.4 Å². The third kappa shape index (κ3) is 4.30. The number of ether oxygens (including phenoxy) is 1. The van der Waals surface area contributed by atoms with Crippen molar-refractivity contribution in [1.82, 2.24) is 5.32 Å². The van der Waals surface area contributed by atoms with Crippen LogP contribution in [0.25, 0.3) is 0 Å². The van der Waals surface area contributed by atoms with E-state index >= 15 is 0 Å². The van der Waals surface area contributed by atoms with Crippen LogP contribution in [0.15, 0.2) is 48.5 Å². The Balaban J connectivity index is 2.29. The fourth-order valence-corrected chi connectivity index (χ4v) is 2.32. The summed E-state index contributed by atoms with van der Waals surface area (Å²) in [5.74, 6) is 0.641. The number of halogens is 1. The van der Waals surface area contributed by atoms with E-state index in [0.29, 0.717) is 6.61 Å². The summed E-state index contributed by atoms with van der Waals surface area (Å²) in [6, 6.07) is 14.7. The second-order valence-electron chi connectivity index (χ2n) is 4.97. The van der Waals surface area contributed by atoms with Gasteiger partial charge in [0.25, 0.3) is 0 Å². The summed E-state index contributed by atoms with van der Waals surface area (Å²) in [6.45, 7) is 5.64. The first-order chi connectivity index (χ1) is 10.2. The molecule has 2 aromatic carbocycles. The summed E-state index contributed by atoms with van der Waals surface area (Å²) < 4.78 is 19.2. The van der Waals surface area contributed by atoms with Gasteiger partial charge in [0.05, 0.1) is 12.6 Å². The molecule has 0 saturated carbocycles. The van der Waals surface area contributed by atoms with Gasteiger partial charge in [0, 0.05) is 0 Å². The van der Waals surface area contributed by atoms with E-state index in [-0.39, 0.29) is 11.9 Å². The Labute approximate surface area is 126 Å². The highest BCUT2D eigenvalue weighted by atomic mass is 19.1. The van der Waals surface area contributed by atoms with Gasteiger partial charge in [-0.2, -0.15) is 0 Å². The summed E-state index contributed by atoms with van der Waals surface area (Å²) in [4.78, 5) is 0. The van der Waals surface area contributed by atoms with Crippen molar-refractivity contribution in [3.63, 3.8) is 0 Å². The van der Waals surface area contributed by atoms with Gasteiger partial charge in [-0.15, -0.1) is 0 Å². The van der Waals surface area contributed by atoms with Crippen molar-refractivity contribution in [3.05, 3.63) is 65.5 Å². The van der Waals surface area contributed by atoms with Gasteiger partial charge in [0.15, 0.2) is 0 Å². The number of hydrogen-bond donors (Lipinski definition) is 1. The molecule has 2 nitrogen and oxygen atoms in total. The molecule has 0 aliphatic carbocycles. The van der Waals surface area contributed by atoms with Crippen molar-refractivity contribution in [3.8, 4) is 5.75 Å². The maximum Gasteiger partial charge on any atom is 0.123 e. The van der Waals surface area contributed by atoms with Crippen molar-refractivity contribution in [2.75, 3.05) is 13.2 Å². The highest BCUT2D eigenvalue weighted by Gasteiger charge is 2.14. The number of nitrogens with one attached hydrogen (secondary N) is 1. The molecule has 112 valence electrons. The number of benzene rings is 2. The molecule has 2 rings (SSSR count). The molecule has 0 amide bonds. The average molecular weight is 287 g/mol. The van der Waals surface area contributed by atoms with E-state index in [1.165, 1.54) is 6.07 Å². The lowest BCUT2D eigenvalue weighted by Crippen LogP contribution is -2.22. The maximum absolute atomic E-state index is 13.5. The molecule has 0 spiro atoms. The molecule has 1 unspecified atom stereocenters. The molecule has 0 aliphatic rings. The van der Waals surface area contributed by atoms with Gasteiger partial charge >= 0.3 is 0 Å². The monoisotopic (exact) mass is 287 g/mol. The molecule has 1 N–H and O–H groups in total. The van der Waals surface area contributed by atoms with E-state index in [9.17, 15) is 4.39 Å². The lowest BCUT2D eigenvalue weighted by Gasteiger charge is -2.20. The summed E-state index contributed by atoms with van der Waals surface area (Å²) in [6.07, 6.45) is 0.977. The van der Waals surface area contributed by atoms with Crippen LogP contribution in [0, 0.1) is 5.82 Å². The molecule has 0 aliphatic heterocycles. The second-order valence-corrected chi connectivity index (χ2v) is 4.97. The van der Waals surface area contributed by atoms with Crippen LogP contribution < -0.4 is 10.1 Å². The Kier molecular flexibility index (Phi) is 5.76. The van der Waals surface area contributed by atoms with Crippen molar-refractivity contribution in [1.29, 1.82) is 0 Å². The molecule has 0 radical (unpaired) electrons. The Morgan fingerprint density at radius 3 is 2.43 bits per heavy atom. The van der Waals surface area contributed by atoms with Crippen LogP contribution in [0.4, 0.5) is 4.39 Å². The molecule has 2 aromatic rings. The van der Waals surface area contributed by atoms with E-state index in [1.807, 2.05) is 37.3 Å². The number of rotatable bonds is 7. The Hall–Kier alpha value is -1.87. The van der Waals surface area contributed by atoms with Crippen LogP contribution >= 0.6 is 0 Å². The summed E-state index contributed by atoms with van der Waals surface area (Å²) >= 11 is 0. The summed E-state index contributed by atoms with van der Waals surface area (Å²) in [5, 5.41) is 3.40. The zero-order chi connectivity index (χ0) is 15.1. The van der Waals surface area contributed by atoms with Gasteiger partial charge in [-0.05, 0) is 48.4 Å².